The summed E-state index contributed by atoms with van der Waals surface area (Å²) < 4.78 is 53.5. The molecule has 0 radical (unpaired) electrons. The van der Waals surface area contributed by atoms with Gasteiger partial charge in [-0.25, -0.2) is 16.8 Å². The number of benzene rings is 1. The van der Waals surface area contributed by atoms with Gasteiger partial charge in [-0.15, -0.1) is 0 Å². The minimum atomic E-state index is -4.14. The number of sulfonamides is 2. The highest BCUT2D eigenvalue weighted by Gasteiger charge is 2.27. The average molecular weight is 390 g/mol. The fourth-order valence-electron chi connectivity index (χ4n) is 2.58. The molecule has 10 heteroatoms. The zero-order valence-electron chi connectivity index (χ0n) is 13.9. The van der Waals surface area contributed by atoms with E-state index in [1.807, 2.05) is 4.72 Å². The quantitative estimate of drug-likeness (QED) is 0.748. The Balaban J connectivity index is 2.33. The Kier molecular flexibility index (Phi) is 6.20. The van der Waals surface area contributed by atoms with Crippen LogP contribution in [0.4, 0.5) is 0 Å². The lowest BCUT2D eigenvalue weighted by molar-refractivity contribution is -0.138. The van der Waals surface area contributed by atoms with Crippen molar-refractivity contribution < 1.29 is 26.7 Å². The molecule has 1 fully saturated rings. The molecule has 0 bridgehead atoms. The van der Waals surface area contributed by atoms with Crippen molar-refractivity contribution in [1.29, 1.82) is 0 Å². The number of carboxylic acids is 1. The molecule has 0 unspecified atom stereocenters. The molecule has 2 N–H and O–H groups in total. The van der Waals surface area contributed by atoms with E-state index < -0.39 is 32.1 Å². The third-order valence-corrected chi connectivity index (χ3v) is 7.45. The third kappa shape index (κ3) is 4.78. The number of carboxylic acid groups (broad SMARTS) is 1. The summed E-state index contributed by atoms with van der Waals surface area (Å²) in [5.41, 5.74) is 0. The molecule has 1 aliphatic rings. The van der Waals surface area contributed by atoms with Crippen molar-refractivity contribution in [2.24, 2.45) is 0 Å². The van der Waals surface area contributed by atoms with Gasteiger partial charge in [-0.2, -0.15) is 9.03 Å². The summed E-state index contributed by atoms with van der Waals surface area (Å²) in [7, 11) is -7.93. The maximum atomic E-state index is 12.8. The predicted octanol–water partition coefficient (Wildman–Crippen LogP) is 1.00. The second-order valence-electron chi connectivity index (χ2n) is 5.97. The number of hydrogen-bond acceptors (Lipinski definition) is 5. The summed E-state index contributed by atoms with van der Waals surface area (Å²) in [6.07, 6.45) is 3.48. The summed E-state index contributed by atoms with van der Waals surface area (Å²) in [4.78, 5) is 10.5. The van der Waals surface area contributed by atoms with Crippen molar-refractivity contribution in [3.63, 3.8) is 0 Å². The molecule has 2 rings (SSSR count). The molecular weight excluding hydrogens is 368 g/mol. The smallest absolute Gasteiger partial charge is 0.321 e. The topological polar surface area (TPSA) is 121 Å². The first-order chi connectivity index (χ1) is 11.6. The fraction of sp³-hybridized carbons (Fsp3) is 0.533. The van der Waals surface area contributed by atoms with Gasteiger partial charge in [-0.05, 0) is 38.0 Å². The molecule has 1 saturated heterocycles. The van der Waals surface area contributed by atoms with Gasteiger partial charge in [0.1, 0.15) is 6.04 Å². The molecule has 1 atom stereocenters. The lowest BCUT2D eigenvalue weighted by atomic mass is 10.2. The summed E-state index contributed by atoms with van der Waals surface area (Å²) in [6.45, 7) is 2.01. The Morgan fingerprint density at radius 1 is 1.08 bits per heavy atom. The van der Waals surface area contributed by atoms with Gasteiger partial charge in [0.05, 0.1) is 9.79 Å². The van der Waals surface area contributed by atoms with E-state index in [2.05, 4.69) is 0 Å². The zero-order valence-corrected chi connectivity index (χ0v) is 15.5. The van der Waals surface area contributed by atoms with E-state index in [1.54, 1.807) is 0 Å². The van der Waals surface area contributed by atoms with Gasteiger partial charge in [0.15, 0.2) is 0 Å². The van der Waals surface area contributed by atoms with Gasteiger partial charge in [0.2, 0.25) is 20.0 Å². The van der Waals surface area contributed by atoms with Gasteiger partial charge in [0.25, 0.3) is 0 Å². The monoisotopic (exact) mass is 390 g/mol. The van der Waals surface area contributed by atoms with Crippen molar-refractivity contribution in [3.8, 4) is 0 Å². The number of nitrogens with zero attached hydrogens (tertiary/aromatic N) is 1. The maximum absolute atomic E-state index is 12.8. The van der Waals surface area contributed by atoms with E-state index in [1.165, 1.54) is 29.4 Å². The average Bonchev–Trinajstić information content (AvgIpc) is 2.84. The molecule has 0 spiro atoms. The largest absolute Gasteiger partial charge is 0.480 e. The molecular formula is C15H22N2O6S2. The molecule has 0 aromatic heterocycles. The van der Waals surface area contributed by atoms with E-state index in [9.17, 15) is 21.6 Å². The van der Waals surface area contributed by atoms with Crippen LogP contribution in [0.25, 0.3) is 0 Å². The first-order valence-electron chi connectivity index (χ1n) is 8.00. The molecule has 1 aromatic rings. The van der Waals surface area contributed by atoms with E-state index in [-0.39, 0.29) is 9.79 Å². The van der Waals surface area contributed by atoms with Crippen LogP contribution in [0.1, 0.15) is 32.6 Å². The van der Waals surface area contributed by atoms with Crippen LogP contribution in [0.3, 0.4) is 0 Å². The normalized spacial score (nSPS) is 18.4. The van der Waals surface area contributed by atoms with E-state index in [0.717, 1.165) is 31.7 Å². The van der Waals surface area contributed by atoms with E-state index in [0.29, 0.717) is 13.1 Å². The number of nitrogens with one attached hydrogen (secondary N) is 1. The van der Waals surface area contributed by atoms with Gasteiger partial charge < -0.3 is 5.11 Å². The van der Waals surface area contributed by atoms with Gasteiger partial charge in [-0.3, -0.25) is 4.79 Å². The first-order valence-corrected chi connectivity index (χ1v) is 10.9. The molecule has 8 nitrogen and oxygen atoms in total. The number of carbonyl (C=O) groups is 1. The second kappa shape index (κ2) is 7.81. The molecule has 1 aromatic carbocycles. The molecule has 1 heterocycles. The Hall–Kier alpha value is -1.49. The van der Waals surface area contributed by atoms with E-state index >= 15 is 0 Å². The van der Waals surface area contributed by atoms with Gasteiger partial charge in [0, 0.05) is 13.1 Å². The van der Waals surface area contributed by atoms with Crippen molar-refractivity contribution in [2.75, 3.05) is 13.1 Å². The number of hydrogen-bond donors (Lipinski definition) is 2. The summed E-state index contributed by atoms with van der Waals surface area (Å²) in [5.74, 6) is -1.32. The first kappa shape index (κ1) is 19.8. The van der Waals surface area contributed by atoms with Gasteiger partial charge in [-0.1, -0.05) is 18.9 Å². The van der Waals surface area contributed by atoms with Crippen LogP contribution >= 0.6 is 0 Å². The Morgan fingerprint density at radius 3 is 2.20 bits per heavy atom. The summed E-state index contributed by atoms with van der Waals surface area (Å²) >= 11 is 0. The second-order valence-corrected chi connectivity index (χ2v) is 9.63. The molecule has 0 aliphatic carbocycles. The maximum Gasteiger partial charge on any atom is 0.321 e. The molecule has 25 heavy (non-hydrogen) atoms. The fourth-order valence-corrected chi connectivity index (χ4v) is 5.46. The molecule has 1 aliphatic heterocycles. The lowest BCUT2D eigenvalue weighted by Gasteiger charge is -2.20. The Labute approximate surface area is 147 Å². The third-order valence-electron chi connectivity index (χ3n) is 4.02. The standard InChI is InChI=1S/C15H22N2O6S2/c1-12(15(18)19)16-24(20,21)13-7-6-8-14(11-13)25(22,23)17-9-4-2-3-5-10-17/h6-8,11-12,16H,2-5,9-10H2,1H3,(H,18,19)/t12-/m1/s1. The summed E-state index contributed by atoms with van der Waals surface area (Å²) in [5, 5.41) is 8.84. The van der Waals surface area contributed by atoms with Crippen LogP contribution < -0.4 is 4.72 Å². The predicted molar refractivity (Wildman–Crippen MR) is 91.1 cm³/mol. The molecule has 0 amide bonds. The lowest BCUT2D eigenvalue weighted by Crippen LogP contribution is -2.38. The Bertz CT molecular complexity index is 827. The van der Waals surface area contributed by atoms with Crippen molar-refractivity contribution in [2.45, 2.75) is 48.4 Å². The van der Waals surface area contributed by atoms with Crippen LogP contribution in [0.15, 0.2) is 34.1 Å². The van der Waals surface area contributed by atoms with Crippen LogP contribution in [-0.4, -0.2) is 51.3 Å². The highest BCUT2D eigenvalue weighted by molar-refractivity contribution is 7.90. The minimum absolute atomic E-state index is 0.111. The highest BCUT2D eigenvalue weighted by atomic mass is 32.2. The highest BCUT2D eigenvalue weighted by Crippen LogP contribution is 2.22. The summed E-state index contributed by atoms with van der Waals surface area (Å²) in [6, 6.07) is 3.66. The molecule has 140 valence electrons. The SMILES string of the molecule is C[C@@H](NS(=O)(=O)c1cccc(S(=O)(=O)N2CCCCCC2)c1)C(=O)O. The minimum Gasteiger partial charge on any atom is -0.480 e. The Morgan fingerprint density at radius 2 is 1.64 bits per heavy atom. The van der Waals surface area contributed by atoms with Crippen molar-refractivity contribution >= 4 is 26.0 Å². The number of rotatable bonds is 6. The van der Waals surface area contributed by atoms with Gasteiger partial charge >= 0.3 is 5.97 Å². The van der Waals surface area contributed by atoms with Crippen LogP contribution in [0.5, 0.6) is 0 Å². The zero-order chi connectivity index (χ0) is 18.7. The van der Waals surface area contributed by atoms with E-state index in [4.69, 9.17) is 5.11 Å². The van der Waals surface area contributed by atoms with Crippen molar-refractivity contribution in [1.82, 2.24) is 9.03 Å². The van der Waals surface area contributed by atoms with Crippen LogP contribution in [0.2, 0.25) is 0 Å². The van der Waals surface area contributed by atoms with Crippen molar-refractivity contribution in [3.05, 3.63) is 24.3 Å². The number of aliphatic carboxylic acids is 1. The molecule has 0 saturated carbocycles. The van der Waals surface area contributed by atoms with Crippen LogP contribution in [0, 0.1) is 0 Å². The van der Waals surface area contributed by atoms with Crippen LogP contribution in [-0.2, 0) is 24.8 Å².